The Kier molecular flexibility index (Phi) is 7.23. The molecular formula is C26H26N4O4. The average molecular weight is 459 g/mol. The first-order valence-corrected chi connectivity index (χ1v) is 11.4. The fourth-order valence-corrected chi connectivity index (χ4v) is 3.78. The highest BCUT2D eigenvalue weighted by molar-refractivity contribution is 5.94. The molecule has 0 aliphatic carbocycles. The molecule has 8 heteroatoms. The fraction of sp³-hybridized carbons (Fsp3) is 0.308. The van der Waals surface area contributed by atoms with Crippen LogP contribution >= 0.6 is 0 Å². The van der Waals surface area contributed by atoms with Gasteiger partial charge in [-0.1, -0.05) is 24.2 Å². The van der Waals surface area contributed by atoms with E-state index in [0.29, 0.717) is 61.2 Å². The Hall–Kier alpha value is -4.12. The molecule has 0 saturated carbocycles. The normalized spacial score (nSPS) is 10.9. The van der Waals surface area contributed by atoms with E-state index in [1.165, 1.54) is 0 Å². The Morgan fingerprint density at radius 1 is 1.21 bits per heavy atom. The number of nitriles is 1. The zero-order valence-corrected chi connectivity index (χ0v) is 19.3. The maximum Gasteiger partial charge on any atom is 0.305 e. The number of aromatic nitrogens is 3. The molecule has 174 valence electrons. The molecule has 0 N–H and O–H groups in total. The van der Waals surface area contributed by atoms with Gasteiger partial charge < -0.3 is 18.6 Å². The van der Waals surface area contributed by atoms with Gasteiger partial charge in [0, 0.05) is 41.2 Å². The molecule has 0 aliphatic rings. The number of carbonyl (C=O) groups is 1. The SMILES string of the molecule is CCCOc1ccc(-c2nc(-c3cccc4c3ccn4CCCC(=O)OCC)no2)cc1C#N. The van der Waals surface area contributed by atoms with Gasteiger partial charge in [-0.25, -0.2) is 0 Å². The van der Waals surface area contributed by atoms with E-state index in [2.05, 4.69) is 20.8 Å². The lowest BCUT2D eigenvalue weighted by atomic mass is 10.1. The minimum absolute atomic E-state index is 0.177. The van der Waals surface area contributed by atoms with Crippen LogP contribution in [0.4, 0.5) is 0 Å². The second kappa shape index (κ2) is 10.7. The van der Waals surface area contributed by atoms with Crippen LogP contribution in [0.1, 0.15) is 38.7 Å². The Balaban J connectivity index is 1.56. The quantitative estimate of drug-likeness (QED) is 0.295. The zero-order chi connectivity index (χ0) is 23.9. The second-order valence-electron chi connectivity index (χ2n) is 7.75. The summed E-state index contributed by atoms with van der Waals surface area (Å²) in [6.07, 6.45) is 3.93. The van der Waals surface area contributed by atoms with Crippen LogP contribution in [0.3, 0.4) is 0 Å². The number of hydrogen-bond donors (Lipinski definition) is 0. The number of fused-ring (bicyclic) bond motifs is 1. The predicted octanol–water partition coefficient (Wildman–Crippen LogP) is 5.36. The molecule has 0 aliphatic heterocycles. The predicted molar refractivity (Wildman–Crippen MR) is 127 cm³/mol. The molecule has 2 heterocycles. The molecule has 34 heavy (non-hydrogen) atoms. The summed E-state index contributed by atoms with van der Waals surface area (Å²) in [7, 11) is 0. The Bertz CT molecular complexity index is 1330. The molecule has 0 spiro atoms. The number of aryl methyl sites for hydroxylation is 1. The summed E-state index contributed by atoms with van der Waals surface area (Å²) in [6.45, 7) is 5.47. The van der Waals surface area contributed by atoms with Gasteiger partial charge in [0.1, 0.15) is 11.8 Å². The van der Waals surface area contributed by atoms with E-state index in [0.717, 1.165) is 22.9 Å². The Morgan fingerprint density at radius 2 is 2.09 bits per heavy atom. The van der Waals surface area contributed by atoms with Crippen LogP contribution in [0, 0.1) is 11.3 Å². The summed E-state index contributed by atoms with van der Waals surface area (Å²) in [5, 5.41) is 14.7. The van der Waals surface area contributed by atoms with E-state index < -0.39 is 0 Å². The maximum absolute atomic E-state index is 11.6. The van der Waals surface area contributed by atoms with Crippen molar-refractivity contribution >= 4 is 16.9 Å². The molecule has 8 nitrogen and oxygen atoms in total. The Labute approximate surface area is 197 Å². The molecule has 0 amide bonds. The summed E-state index contributed by atoms with van der Waals surface area (Å²) in [6, 6.07) is 15.4. The van der Waals surface area contributed by atoms with Crippen molar-refractivity contribution in [2.45, 2.75) is 39.7 Å². The summed E-state index contributed by atoms with van der Waals surface area (Å²) in [5.41, 5.74) is 2.95. The van der Waals surface area contributed by atoms with Crippen LogP contribution in [-0.4, -0.2) is 33.9 Å². The van der Waals surface area contributed by atoms with E-state index in [9.17, 15) is 10.1 Å². The van der Waals surface area contributed by atoms with E-state index >= 15 is 0 Å². The molecule has 0 atom stereocenters. The van der Waals surface area contributed by atoms with Crippen molar-refractivity contribution in [3.8, 4) is 34.7 Å². The van der Waals surface area contributed by atoms with E-state index in [1.54, 1.807) is 12.1 Å². The molecule has 0 radical (unpaired) electrons. The zero-order valence-electron chi connectivity index (χ0n) is 19.3. The Morgan fingerprint density at radius 3 is 2.88 bits per heavy atom. The summed E-state index contributed by atoms with van der Waals surface area (Å²) in [4.78, 5) is 16.2. The van der Waals surface area contributed by atoms with Gasteiger partial charge in [-0.2, -0.15) is 10.2 Å². The van der Waals surface area contributed by atoms with Crippen molar-refractivity contribution in [3.63, 3.8) is 0 Å². The van der Waals surface area contributed by atoms with Crippen molar-refractivity contribution in [1.29, 1.82) is 5.26 Å². The lowest BCUT2D eigenvalue weighted by molar-refractivity contribution is -0.143. The number of rotatable bonds is 10. The smallest absolute Gasteiger partial charge is 0.305 e. The van der Waals surface area contributed by atoms with Gasteiger partial charge in [-0.15, -0.1) is 0 Å². The van der Waals surface area contributed by atoms with Gasteiger partial charge in [0.15, 0.2) is 0 Å². The average Bonchev–Trinajstić information content (AvgIpc) is 3.50. The van der Waals surface area contributed by atoms with Crippen LogP contribution in [0.5, 0.6) is 5.75 Å². The van der Waals surface area contributed by atoms with Crippen LogP contribution in [-0.2, 0) is 16.1 Å². The van der Waals surface area contributed by atoms with E-state index in [4.69, 9.17) is 14.0 Å². The highest BCUT2D eigenvalue weighted by atomic mass is 16.5. The fourth-order valence-electron chi connectivity index (χ4n) is 3.78. The summed E-state index contributed by atoms with van der Waals surface area (Å²) >= 11 is 0. The molecule has 0 unspecified atom stereocenters. The molecular weight excluding hydrogens is 432 g/mol. The molecule has 4 rings (SSSR count). The molecule has 4 aromatic rings. The maximum atomic E-state index is 11.6. The number of hydrogen-bond acceptors (Lipinski definition) is 7. The van der Waals surface area contributed by atoms with Gasteiger partial charge >= 0.3 is 5.97 Å². The number of carbonyl (C=O) groups excluding carboxylic acids is 1. The first-order valence-electron chi connectivity index (χ1n) is 11.4. The van der Waals surface area contributed by atoms with E-state index in [-0.39, 0.29) is 5.97 Å². The lowest BCUT2D eigenvalue weighted by Gasteiger charge is -2.07. The van der Waals surface area contributed by atoms with Gasteiger partial charge in [-0.05, 0) is 50.1 Å². The monoisotopic (exact) mass is 458 g/mol. The van der Waals surface area contributed by atoms with Crippen LogP contribution in [0.15, 0.2) is 53.2 Å². The van der Waals surface area contributed by atoms with Crippen molar-refractivity contribution in [2.75, 3.05) is 13.2 Å². The van der Waals surface area contributed by atoms with Crippen molar-refractivity contribution in [1.82, 2.24) is 14.7 Å². The van der Waals surface area contributed by atoms with Crippen LogP contribution < -0.4 is 4.74 Å². The van der Waals surface area contributed by atoms with Crippen LogP contribution in [0.2, 0.25) is 0 Å². The van der Waals surface area contributed by atoms with Gasteiger partial charge in [0.05, 0.1) is 18.8 Å². The number of esters is 1. The summed E-state index contributed by atoms with van der Waals surface area (Å²) in [5.74, 6) is 1.17. The highest BCUT2D eigenvalue weighted by Crippen LogP contribution is 2.31. The summed E-state index contributed by atoms with van der Waals surface area (Å²) < 4.78 is 18.3. The van der Waals surface area contributed by atoms with Crippen molar-refractivity contribution in [3.05, 3.63) is 54.2 Å². The third kappa shape index (κ3) is 4.94. The number of benzene rings is 2. The molecule has 0 saturated heterocycles. The highest BCUT2D eigenvalue weighted by Gasteiger charge is 2.16. The molecule has 0 fully saturated rings. The van der Waals surface area contributed by atoms with Crippen molar-refractivity contribution in [2.24, 2.45) is 0 Å². The van der Waals surface area contributed by atoms with E-state index in [1.807, 2.05) is 50.4 Å². The first kappa shape index (κ1) is 23.1. The number of ether oxygens (including phenoxy) is 2. The molecule has 2 aromatic heterocycles. The largest absolute Gasteiger partial charge is 0.492 e. The first-order chi connectivity index (χ1) is 16.6. The number of nitrogens with zero attached hydrogens (tertiary/aromatic N) is 4. The van der Waals surface area contributed by atoms with Gasteiger partial charge in [0.25, 0.3) is 5.89 Å². The van der Waals surface area contributed by atoms with Gasteiger partial charge in [0.2, 0.25) is 5.82 Å². The molecule has 0 bridgehead atoms. The molecule has 2 aromatic carbocycles. The standard InChI is InChI=1S/C26H26N4O4/c1-3-15-33-23-11-10-18(16-19(23)17-27)26-28-25(29-34-26)21-7-5-8-22-20(21)12-14-30(22)13-6-9-24(31)32-4-2/h5,7-8,10-12,14,16H,3-4,6,9,13,15H2,1-2H3. The second-order valence-corrected chi connectivity index (χ2v) is 7.75. The topological polar surface area (TPSA) is 103 Å². The lowest BCUT2D eigenvalue weighted by Crippen LogP contribution is -2.05. The third-order valence-corrected chi connectivity index (χ3v) is 5.37. The minimum Gasteiger partial charge on any atom is -0.492 e. The third-order valence-electron chi connectivity index (χ3n) is 5.37. The van der Waals surface area contributed by atoms with Crippen molar-refractivity contribution < 1.29 is 18.8 Å². The minimum atomic E-state index is -0.177. The van der Waals surface area contributed by atoms with Gasteiger partial charge in [-0.3, -0.25) is 4.79 Å². The van der Waals surface area contributed by atoms with Crippen LogP contribution in [0.25, 0.3) is 33.7 Å².